The standard InChI is InChI=1S/C20H19N3O3/c1-13-9-18(19(23(25)26)10-14(13)2)22-20(24)12-21-17-8-7-15-5-3-4-6-16(15)11-17/h3-11,21H,12H2,1-2H3,(H,22,24). The summed E-state index contributed by atoms with van der Waals surface area (Å²) < 4.78 is 0. The second-order valence-electron chi connectivity index (χ2n) is 6.17. The highest BCUT2D eigenvalue weighted by Crippen LogP contribution is 2.28. The fourth-order valence-electron chi connectivity index (χ4n) is 2.73. The van der Waals surface area contributed by atoms with Crippen molar-refractivity contribution in [3.05, 3.63) is 75.8 Å². The van der Waals surface area contributed by atoms with E-state index in [1.807, 2.05) is 49.4 Å². The van der Waals surface area contributed by atoms with E-state index in [4.69, 9.17) is 0 Å². The van der Waals surface area contributed by atoms with Gasteiger partial charge in [0, 0.05) is 11.8 Å². The van der Waals surface area contributed by atoms with Gasteiger partial charge in [0.05, 0.1) is 11.5 Å². The lowest BCUT2D eigenvalue weighted by Gasteiger charge is -2.10. The van der Waals surface area contributed by atoms with Gasteiger partial charge < -0.3 is 10.6 Å². The molecule has 0 aliphatic heterocycles. The van der Waals surface area contributed by atoms with Crippen molar-refractivity contribution in [1.82, 2.24) is 0 Å². The molecule has 0 heterocycles. The summed E-state index contributed by atoms with van der Waals surface area (Å²) in [5.74, 6) is -0.343. The van der Waals surface area contributed by atoms with Crippen molar-refractivity contribution in [2.45, 2.75) is 13.8 Å². The minimum atomic E-state index is -0.487. The molecule has 26 heavy (non-hydrogen) atoms. The molecule has 0 saturated carbocycles. The van der Waals surface area contributed by atoms with E-state index < -0.39 is 4.92 Å². The maximum absolute atomic E-state index is 12.2. The summed E-state index contributed by atoms with van der Waals surface area (Å²) in [5.41, 5.74) is 2.61. The van der Waals surface area contributed by atoms with E-state index in [-0.39, 0.29) is 23.8 Å². The molecule has 1 amide bonds. The molecule has 3 aromatic carbocycles. The maximum Gasteiger partial charge on any atom is 0.293 e. The number of hydrogen-bond donors (Lipinski definition) is 2. The third kappa shape index (κ3) is 3.80. The molecular formula is C20H19N3O3. The molecule has 132 valence electrons. The van der Waals surface area contributed by atoms with Crippen LogP contribution in [0.4, 0.5) is 17.1 Å². The van der Waals surface area contributed by atoms with Crippen molar-refractivity contribution >= 4 is 33.7 Å². The van der Waals surface area contributed by atoms with Gasteiger partial charge in [-0.05, 0) is 53.9 Å². The monoisotopic (exact) mass is 349 g/mol. The van der Waals surface area contributed by atoms with Crippen LogP contribution in [0.5, 0.6) is 0 Å². The van der Waals surface area contributed by atoms with Crippen molar-refractivity contribution in [1.29, 1.82) is 0 Å². The van der Waals surface area contributed by atoms with Gasteiger partial charge in [-0.15, -0.1) is 0 Å². The van der Waals surface area contributed by atoms with Crippen LogP contribution >= 0.6 is 0 Å². The van der Waals surface area contributed by atoms with Gasteiger partial charge in [-0.25, -0.2) is 0 Å². The second-order valence-corrected chi connectivity index (χ2v) is 6.17. The van der Waals surface area contributed by atoms with Gasteiger partial charge in [0.25, 0.3) is 5.69 Å². The Morgan fingerprint density at radius 1 is 1.00 bits per heavy atom. The summed E-state index contributed by atoms with van der Waals surface area (Å²) in [6.07, 6.45) is 0. The summed E-state index contributed by atoms with van der Waals surface area (Å²) in [4.78, 5) is 22.9. The highest BCUT2D eigenvalue weighted by molar-refractivity contribution is 5.96. The van der Waals surface area contributed by atoms with Gasteiger partial charge in [0.1, 0.15) is 5.69 Å². The molecule has 0 fully saturated rings. The number of benzene rings is 3. The number of nitro groups is 1. The molecule has 0 atom stereocenters. The molecule has 0 aliphatic rings. The average molecular weight is 349 g/mol. The lowest BCUT2D eigenvalue weighted by Crippen LogP contribution is -2.22. The minimum Gasteiger partial charge on any atom is -0.376 e. The van der Waals surface area contributed by atoms with Crippen LogP contribution in [0.1, 0.15) is 11.1 Å². The first-order valence-electron chi connectivity index (χ1n) is 8.22. The van der Waals surface area contributed by atoms with Gasteiger partial charge >= 0.3 is 0 Å². The molecule has 2 N–H and O–H groups in total. The number of nitro benzene ring substituents is 1. The molecule has 0 saturated heterocycles. The Kier molecular flexibility index (Phi) is 4.84. The number of nitrogens with one attached hydrogen (secondary N) is 2. The van der Waals surface area contributed by atoms with Crippen LogP contribution in [0.2, 0.25) is 0 Å². The summed E-state index contributed by atoms with van der Waals surface area (Å²) in [7, 11) is 0. The van der Waals surface area contributed by atoms with Crippen LogP contribution in [-0.2, 0) is 4.79 Å². The predicted octanol–water partition coefficient (Wildman–Crippen LogP) is 4.42. The van der Waals surface area contributed by atoms with E-state index in [1.165, 1.54) is 6.07 Å². The molecule has 0 spiro atoms. The number of rotatable bonds is 5. The third-order valence-corrected chi connectivity index (χ3v) is 4.29. The Bertz CT molecular complexity index is 999. The van der Waals surface area contributed by atoms with Gasteiger partial charge in [-0.1, -0.05) is 30.3 Å². The normalized spacial score (nSPS) is 10.5. The Morgan fingerprint density at radius 2 is 1.69 bits per heavy atom. The van der Waals surface area contributed by atoms with E-state index in [0.29, 0.717) is 0 Å². The highest BCUT2D eigenvalue weighted by atomic mass is 16.6. The van der Waals surface area contributed by atoms with E-state index >= 15 is 0 Å². The smallest absolute Gasteiger partial charge is 0.293 e. The second kappa shape index (κ2) is 7.23. The molecular weight excluding hydrogens is 330 g/mol. The zero-order valence-corrected chi connectivity index (χ0v) is 14.6. The quantitative estimate of drug-likeness (QED) is 0.528. The Balaban J connectivity index is 1.70. The zero-order valence-electron chi connectivity index (χ0n) is 14.6. The van der Waals surface area contributed by atoms with Crippen LogP contribution in [0.3, 0.4) is 0 Å². The molecule has 6 nitrogen and oxygen atoms in total. The summed E-state index contributed by atoms with van der Waals surface area (Å²) in [6.45, 7) is 3.67. The van der Waals surface area contributed by atoms with Gasteiger partial charge in [0.2, 0.25) is 5.91 Å². The van der Waals surface area contributed by atoms with Gasteiger partial charge in [-0.2, -0.15) is 0 Å². The fourth-order valence-corrected chi connectivity index (χ4v) is 2.73. The lowest BCUT2D eigenvalue weighted by molar-refractivity contribution is -0.384. The Hall–Kier alpha value is -3.41. The number of carbonyl (C=O) groups is 1. The fraction of sp³-hybridized carbons (Fsp3) is 0.150. The average Bonchev–Trinajstić information content (AvgIpc) is 2.62. The lowest BCUT2D eigenvalue weighted by atomic mass is 10.1. The zero-order chi connectivity index (χ0) is 18.7. The first-order chi connectivity index (χ1) is 12.4. The van der Waals surface area contributed by atoms with E-state index in [9.17, 15) is 14.9 Å². The number of nitrogens with zero attached hydrogens (tertiary/aromatic N) is 1. The number of anilines is 2. The highest BCUT2D eigenvalue weighted by Gasteiger charge is 2.17. The summed E-state index contributed by atoms with van der Waals surface area (Å²) >= 11 is 0. The third-order valence-electron chi connectivity index (χ3n) is 4.29. The number of carbonyl (C=O) groups excluding carboxylic acids is 1. The largest absolute Gasteiger partial charge is 0.376 e. The van der Waals surface area contributed by atoms with E-state index in [0.717, 1.165) is 27.6 Å². The topological polar surface area (TPSA) is 84.3 Å². The maximum atomic E-state index is 12.2. The van der Waals surface area contributed by atoms with Crippen LogP contribution in [0.15, 0.2) is 54.6 Å². The van der Waals surface area contributed by atoms with E-state index in [2.05, 4.69) is 10.6 Å². The Labute approximate surface area is 151 Å². The van der Waals surface area contributed by atoms with Gasteiger partial charge in [0.15, 0.2) is 0 Å². The first-order valence-corrected chi connectivity index (χ1v) is 8.22. The first kappa shape index (κ1) is 17.4. The number of amides is 1. The van der Waals surface area contributed by atoms with Gasteiger partial charge in [-0.3, -0.25) is 14.9 Å². The Morgan fingerprint density at radius 3 is 2.42 bits per heavy atom. The molecule has 3 aromatic rings. The number of hydrogen-bond acceptors (Lipinski definition) is 4. The molecule has 0 bridgehead atoms. The van der Waals surface area contributed by atoms with Crippen molar-refractivity contribution in [3.8, 4) is 0 Å². The van der Waals surface area contributed by atoms with Crippen LogP contribution in [0.25, 0.3) is 10.8 Å². The van der Waals surface area contributed by atoms with Crippen LogP contribution in [0, 0.1) is 24.0 Å². The minimum absolute atomic E-state index is 0.0163. The predicted molar refractivity (Wildman–Crippen MR) is 104 cm³/mol. The molecule has 0 aromatic heterocycles. The van der Waals surface area contributed by atoms with Crippen molar-refractivity contribution in [3.63, 3.8) is 0 Å². The van der Waals surface area contributed by atoms with E-state index in [1.54, 1.807) is 13.0 Å². The van der Waals surface area contributed by atoms with Crippen molar-refractivity contribution in [2.24, 2.45) is 0 Å². The van der Waals surface area contributed by atoms with Crippen LogP contribution < -0.4 is 10.6 Å². The molecule has 3 rings (SSSR count). The number of aryl methyl sites for hydroxylation is 2. The summed E-state index contributed by atoms with van der Waals surface area (Å²) in [6, 6.07) is 16.9. The SMILES string of the molecule is Cc1cc(NC(=O)CNc2ccc3ccccc3c2)c([N+](=O)[O-])cc1C. The van der Waals surface area contributed by atoms with Crippen molar-refractivity contribution < 1.29 is 9.72 Å². The summed E-state index contributed by atoms with van der Waals surface area (Å²) in [5, 5.41) is 19.1. The van der Waals surface area contributed by atoms with Crippen LogP contribution in [-0.4, -0.2) is 17.4 Å². The molecule has 6 heteroatoms. The molecule has 0 aliphatic carbocycles. The molecule has 0 radical (unpaired) electrons. The van der Waals surface area contributed by atoms with Crippen molar-refractivity contribution in [2.75, 3.05) is 17.2 Å². The molecule has 0 unspecified atom stereocenters. The number of fused-ring (bicyclic) bond motifs is 1.